The van der Waals surface area contributed by atoms with Crippen LogP contribution in [0.15, 0.2) is 61.2 Å². The number of amides is 4. The van der Waals surface area contributed by atoms with E-state index in [1.54, 1.807) is 53.8 Å². The van der Waals surface area contributed by atoms with Crippen LogP contribution < -0.4 is 36.0 Å². The van der Waals surface area contributed by atoms with Gasteiger partial charge >= 0.3 is 18.0 Å². The molecule has 4 aromatic heterocycles. The molecule has 4 aliphatic heterocycles. The van der Waals surface area contributed by atoms with E-state index in [1.807, 2.05) is 6.07 Å². The smallest absolute Gasteiger partial charge is 0.374 e. The summed E-state index contributed by atoms with van der Waals surface area (Å²) in [5, 5.41) is 14.8. The van der Waals surface area contributed by atoms with Gasteiger partial charge in [0.05, 0.1) is 35.9 Å². The lowest BCUT2D eigenvalue weighted by molar-refractivity contribution is 0.0683. The van der Waals surface area contributed by atoms with Gasteiger partial charge in [-0.1, -0.05) is 12.1 Å². The maximum Gasteiger partial charge on any atom is 0.374 e. The zero-order chi connectivity index (χ0) is 39.5. The average molecular weight is 776 g/mol. The number of rotatable bonds is 6. The molecule has 0 spiro atoms. The van der Waals surface area contributed by atoms with Crippen LogP contribution in [-0.4, -0.2) is 103 Å². The van der Waals surface area contributed by atoms with Gasteiger partial charge in [0.2, 0.25) is 5.82 Å². The Morgan fingerprint density at radius 2 is 1.18 bits per heavy atom. The van der Waals surface area contributed by atoms with Gasteiger partial charge in [0.1, 0.15) is 11.6 Å². The van der Waals surface area contributed by atoms with Gasteiger partial charge in [-0.3, -0.25) is 25.2 Å². The lowest BCUT2D eigenvalue weighted by atomic mass is 10.0. The predicted molar refractivity (Wildman–Crippen MR) is 212 cm³/mol. The van der Waals surface area contributed by atoms with E-state index in [0.29, 0.717) is 53.9 Å². The van der Waals surface area contributed by atoms with Crippen molar-refractivity contribution in [3.63, 3.8) is 0 Å². The topological polar surface area (TPSA) is 229 Å². The summed E-state index contributed by atoms with van der Waals surface area (Å²) in [6, 6.07) is 10.5. The summed E-state index contributed by atoms with van der Waals surface area (Å²) in [4.78, 5) is 82.5. The summed E-state index contributed by atoms with van der Waals surface area (Å²) in [6.45, 7) is 3.19. The van der Waals surface area contributed by atoms with Crippen molar-refractivity contribution < 1.29 is 24.3 Å². The van der Waals surface area contributed by atoms with E-state index < -0.39 is 5.97 Å². The number of aromatic nitrogens is 6. The van der Waals surface area contributed by atoms with Crippen LogP contribution in [0.2, 0.25) is 0 Å². The van der Waals surface area contributed by atoms with Gasteiger partial charge in [-0.15, -0.1) is 0 Å². The molecule has 296 valence electrons. The molecule has 4 aromatic rings. The third-order valence-corrected chi connectivity index (χ3v) is 10.6. The number of nitrogens with one attached hydrogen (secondary N) is 2. The first kappa shape index (κ1) is 37.6. The van der Waals surface area contributed by atoms with E-state index >= 15 is 0 Å². The number of carbonyl (C=O) groups is 4. The second kappa shape index (κ2) is 16.4. The predicted octanol–water partition coefficient (Wildman–Crippen LogP) is 4.57. The number of fused-ring (bicyclic) bond motifs is 8. The minimum Gasteiger partial charge on any atom is -0.475 e. The Morgan fingerprint density at radius 1 is 0.684 bits per heavy atom. The third kappa shape index (κ3) is 8.75. The molecule has 5 N–H and O–H groups in total. The lowest BCUT2D eigenvalue weighted by Crippen LogP contribution is -2.56. The summed E-state index contributed by atoms with van der Waals surface area (Å²) >= 11 is 0. The molecule has 0 radical (unpaired) electrons. The minimum atomic E-state index is -1.22. The molecule has 2 aliphatic carbocycles. The van der Waals surface area contributed by atoms with Crippen molar-refractivity contribution >= 4 is 58.5 Å². The van der Waals surface area contributed by atoms with Gasteiger partial charge in [0, 0.05) is 51.0 Å². The number of hydrogen-bond donors (Lipinski definition) is 4. The van der Waals surface area contributed by atoms with E-state index in [1.165, 1.54) is 23.9 Å². The number of carboxylic acids is 1. The van der Waals surface area contributed by atoms with Crippen LogP contribution >= 0.6 is 0 Å². The zero-order valence-corrected chi connectivity index (χ0v) is 31.4. The molecule has 4 bridgehead atoms. The SMILES string of the molecule is NC1CC1.O=C(CC1CC1)c1ncc2c(n1)N(C(=O)Nc1ccccn1)[C@H]1CCCN2C1.O=C(O)c1ncc2c(n1)N(C(=O)Nc1ccccn1)[C@H]1CCCN2C1. The molecule has 2 saturated heterocycles. The number of pyridine rings is 2. The molecule has 6 aliphatic rings. The van der Waals surface area contributed by atoms with E-state index in [0.717, 1.165) is 63.8 Å². The molecule has 18 nitrogen and oxygen atoms in total. The van der Waals surface area contributed by atoms with E-state index in [9.17, 15) is 24.3 Å². The van der Waals surface area contributed by atoms with Crippen LogP contribution in [0.5, 0.6) is 0 Å². The Balaban J connectivity index is 0.000000146. The van der Waals surface area contributed by atoms with Crippen molar-refractivity contribution in [2.75, 3.05) is 56.4 Å². The van der Waals surface area contributed by atoms with Crippen molar-refractivity contribution in [2.45, 2.75) is 75.9 Å². The molecular formula is C39H45N13O5. The van der Waals surface area contributed by atoms with Crippen molar-refractivity contribution in [2.24, 2.45) is 11.7 Å². The summed E-state index contributed by atoms with van der Waals surface area (Å²) in [7, 11) is 0. The number of nitrogens with zero attached hydrogens (tertiary/aromatic N) is 10. The lowest BCUT2D eigenvalue weighted by Gasteiger charge is -2.45. The summed E-state index contributed by atoms with van der Waals surface area (Å²) in [5.41, 5.74) is 6.72. The number of nitrogens with two attached hydrogens (primary N) is 1. The fourth-order valence-corrected chi connectivity index (χ4v) is 7.39. The largest absolute Gasteiger partial charge is 0.475 e. The molecule has 10 rings (SSSR count). The van der Waals surface area contributed by atoms with Crippen LogP contribution in [0.3, 0.4) is 0 Å². The minimum absolute atomic E-state index is 0.0197. The highest BCUT2D eigenvalue weighted by Crippen LogP contribution is 2.40. The Labute approximate surface area is 328 Å². The quantitative estimate of drug-likeness (QED) is 0.197. The van der Waals surface area contributed by atoms with Crippen molar-refractivity contribution in [1.82, 2.24) is 29.9 Å². The Morgan fingerprint density at radius 3 is 1.61 bits per heavy atom. The molecule has 4 amide bonds. The summed E-state index contributed by atoms with van der Waals surface area (Å²) in [5.74, 6) is 0.873. The average Bonchev–Trinajstić information content (AvgIpc) is 4.18. The second-order valence-corrected chi connectivity index (χ2v) is 15.0. The standard InChI is InChI=1S/C20H22N6O2.C16H16N6O3.C3H7N/c27-16(10-13-6-7-13)18-22-11-15-19(24-18)26(14-4-3-9-25(15)12-14)20(28)23-17-5-1-2-8-21-17;23-15(24)13-18-8-11-14(20-13)22(10-4-3-7-21(11)9-10)16(25)19-12-5-1-2-6-17-12;4-3-1-2-3/h1-2,5,8,11,13-14H,3-4,6-7,9-10,12H2,(H,21,23,28);1-2,5-6,8,10H,3-4,7,9H2,(H,23,24)(H,17,19,25);3H,1-2,4H2/t14-;10-;/m00./s1. The third-order valence-electron chi connectivity index (χ3n) is 10.6. The summed E-state index contributed by atoms with van der Waals surface area (Å²) in [6.07, 6.45) is 15.3. The number of hydrogen-bond acceptors (Lipinski definition) is 13. The number of Topliss-reactive ketones (excluding diaryl/α,β-unsaturated/α-hetero) is 1. The van der Waals surface area contributed by atoms with E-state index in [-0.39, 0.29) is 41.6 Å². The number of piperidine rings is 2. The molecule has 2 atom stereocenters. The van der Waals surface area contributed by atoms with Crippen molar-refractivity contribution in [3.8, 4) is 0 Å². The van der Waals surface area contributed by atoms with E-state index in [4.69, 9.17) is 5.73 Å². The Kier molecular flexibility index (Phi) is 10.8. The van der Waals surface area contributed by atoms with Gasteiger partial charge < -0.3 is 20.6 Å². The fraction of sp³-hybridized carbons (Fsp3) is 0.436. The number of urea groups is 2. The van der Waals surface area contributed by atoms with Gasteiger partial charge in [0.25, 0.3) is 0 Å². The first-order valence-electron chi connectivity index (χ1n) is 19.5. The molecular weight excluding hydrogens is 731 g/mol. The number of anilines is 6. The maximum absolute atomic E-state index is 13.1. The molecule has 0 aromatic carbocycles. The van der Waals surface area contributed by atoms with Crippen LogP contribution in [0.1, 0.15) is 79.0 Å². The van der Waals surface area contributed by atoms with Gasteiger partial charge in [-0.25, -0.2) is 44.3 Å². The maximum atomic E-state index is 13.1. The fourth-order valence-electron chi connectivity index (χ4n) is 7.39. The van der Waals surface area contributed by atoms with Crippen molar-refractivity contribution in [3.05, 3.63) is 72.8 Å². The highest BCUT2D eigenvalue weighted by atomic mass is 16.4. The first-order valence-corrected chi connectivity index (χ1v) is 19.5. The highest BCUT2D eigenvalue weighted by Gasteiger charge is 2.41. The number of carbonyl (C=O) groups excluding carboxylic acids is 3. The van der Waals surface area contributed by atoms with Gasteiger partial charge in [-0.2, -0.15) is 0 Å². The highest BCUT2D eigenvalue weighted by molar-refractivity contribution is 6.05. The monoisotopic (exact) mass is 775 g/mol. The number of ketones is 1. The van der Waals surface area contributed by atoms with Crippen LogP contribution in [0.25, 0.3) is 0 Å². The second-order valence-electron chi connectivity index (χ2n) is 15.0. The Hall–Kier alpha value is -6.30. The van der Waals surface area contributed by atoms with Crippen LogP contribution in [0.4, 0.5) is 44.2 Å². The molecule has 57 heavy (non-hydrogen) atoms. The molecule has 0 unspecified atom stereocenters. The first-order chi connectivity index (χ1) is 27.7. The molecule has 2 saturated carbocycles. The van der Waals surface area contributed by atoms with Gasteiger partial charge in [0.15, 0.2) is 23.2 Å². The Bertz CT molecular complexity index is 2120. The number of aromatic carboxylic acids is 1. The van der Waals surface area contributed by atoms with Crippen LogP contribution in [0, 0.1) is 5.92 Å². The molecule has 8 heterocycles. The summed E-state index contributed by atoms with van der Waals surface area (Å²) < 4.78 is 0. The molecule has 18 heteroatoms. The zero-order valence-electron chi connectivity index (χ0n) is 31.4. The molecule has 4 fully saturated rings. The van der Waals surface area contributed by atoms with E-state index in [2.05, 4.69) is 50.3 Å². The van der Waals surface area contributed by atoms with Gasteiger partial charge in [-0.05, 0) is 81.5 Å². The van der Waals surface area contributed by atoms with Crippen molar-refractivity contribution in [1.29, 1.82) is 0 Å². The van der Waals surface area contributed by atoms with Crippen LogP contribution in [-0.2, 0) is 0 Å². The number of carboxylic acid groups (broad SMARTS) is 1. The normalized spacial score (nSPS) is 20.0.